The molecule has 0 atom stereocenters. The Morgan fingerprint density at radius 3 is 1.95 bits per heavy atom. The third-order valence-corrected chi connectivity index (χ3v) is 3.68. The summed E-state index contributed by atoms with van der Waals surface area (Å²) in [4.78, 5) is 2.29. The molecule has 0 bridgehead atoms. The molecule has 0 spiro atoms. The van der Waals surface area contributed by atoms with Crippen molar-refractivity contribution in [1.82, 2.24) is 0 Å². The number of fused-ring (bicyclic) bond motifs is 2. The Labute approximate surface area is 126 Å². The highest BCUT2D eigenvalue weighted by molar-refractivity contribution is 5.90. The van der Waals surface area contributed by atoms with Gasteiger partial charge < -0.3 is 4.90 Å². The van der Waals surface area contributed by atoms with Crippen molar-refractivity contribution in [3.05, 3.63) is 84.1 Å². The van der Waals surface area contributed by atoms with Gasteiger partial charge in [0.2, 0.25) is 0 Å². The van der Waals surface area contributed by atoms with Crippen molar-refractivity contribution in [1.29, 1.82) is 0 Å². The first-order valence-corrected chi connectivity index (χ1v) is 7.34. The second-order valence-electron chi connectivity index (χ2n) is 5.03. The van der Waals surface area contributed by atoms with Gasteiger partial charge in [-0.1, -0.05) is 68.1 Å². The third kappa shape index (κ3) is 2.43. The maximum atomic E-state index is 4.00. The molecule has 0 saturated carbocycles. The van der Waals surface area contributed by atoms with Crippen LogP contribution in [0.3, 0.4) is 0 Å². The van der Waals surface area contributed by atoms with Crippen LogP contribution in [0.2, 0.25) is 0 Å². The summed E-state index contributed by atoms with van der Waals surface area (Å²) in [6.07, 6.45) is 9.49. The number of hydrogen-bond acceptors (Lipinski definition) is 1. The van der Waals surface area contributed by atoms with Crippen LogP contribution in [0, 0.1) is 0 Å². The fourth-order valence-corrected chi connectivity index (χ4v) is 2.73. The van der Waals surface area contributed by atoms with E-state index in [9.17, 15) is 0 Å². The number of anilines is 2. The van der Waals surface area contributed by atoms with Crippen LogP contribution < -0.4 is 4.90 Å². The van der Waals surface area contributed by atoms with Gasteiger partial charge in [0, 0.05) is 5.70 Å². The van der Waals surface area contributed by atoms with E-state index < -0.39 is 0 Å². The molecule has 0 aromatic heterocycles. The SMILES string of the molecule is C=C/C(=C\CC)N1c2ccccc2C=Cc2ccccc21. The lowest BCUT2D eigenvalue weighted by atomic mass is 10.1. The molecule has 1 aliphatic rings. The lowest BCUT2D eigenvalue weighted by Crippen LogP contribution is -2.16. The topological polar surface area (TPSA) is 3.24 Å². The van der Waals surface area contributed by atoms with E-state index in [4.69, 9.17) is 0 Å². The maximum absolute atomic E-state index is 4.00. The molecule has 2 aromatic rings. The summed E-state index contributed by atoms with van der Waals surface area (Å²) in [7, 11) is 0. The summed E-state index contributed by atoms with van der Waals surface area (Å²) in [6, 6.07) is 16.9. The highest BCUT2D eigenvalue weighted by Gasteiger charge is 2.19. The number of benzene rings is 2. The monoisotopic (exact) mass is 273 g/mol. The Balaban J connectivity index is 2.28. The molecule has 21 heavy (non-hydrogen) atoms. The summed E-state index contributed by atoms with van der Waals surface area (Å²) < 4.78 is 0. The molecule has 104 valence electrons. The average Bonchev–Trinajstić information content (AvgIpc) is 2.70. The summed E-state index contributed by atoms with van der Waals surface area (Å²) in [5.74, 6) is 0. The molecule has 0 unspecified atom stereocenters. The smallest absolute Gasteiger partial charge is 0.0534 e. The van der Waals surface area contributed by atoms with Crippen molar-refractivity contribution in [2.75, 3.05) is 4.90 Å². The first-order valence-electron chi connectivity index (χ1n) is 7.34. The second kappa shape index (κ2) is 5.84. The summed E-state index contributed by atoms with van der Waals surface area (Å²) in [5, 5.41) is 0. The minimum atomic E-state index is 0.982. The molecular formula is C20H19N. The van der Waals surface area contributed by atoms with Crippen LogP contribution in [-0.2, 0) is 0 Å². The van der Waals surface area contributed by atoms with E-state index in [2.05, 4.69) is 85.2 Å². The standard InChI is InChI=1S/C20H19N/c1-3-9-18(4-2)21-19-12-7-5-10-16(19)14-15-17-11-6-8-13-20(17)21/h4-15H,2-3H2,1H3/b18-9+. The molecule has 1 heteroatoms. The molecule has 0 amide bonds. The number of nitrogens with zero attached hydrogens (tertiary/aromatic N) is 1. The van der Waals surface area contributed by atoms with Gasteiger partial charge in [-0.25, -0.2) is 0 Å². The quantitative estimate of drug-likeness (QED) is 0.640. The van der Waals surface area contributed by atoms with Crippen LogP contribution in [0.25, 0.3) is 12.2 Å². The first kappa shape index (κ1) is 13.4. The van der Waals surface area contributed by atoms with E-state index in [-0.39, 0.29) is 0 Å². The van der Waals surface area contributed by atoms with Crippen molar-refractivity contribution in [3.8, 4) is 0 Å². The molecule has 1 aliphatic heterocycles. The van der Waals surface area contributed by atoms with Gasteiger partial charge >= 0.3 is 0 Å². The van der Waals surface area contributed by atoms with Gasteiger partial charge in [-0.15, -0.1) is 0 Å². The largest absolute Gasteiger partial charge is 0.310 e. The number of allylic oxidation sites excluding steroid dienone is 2. The summed E-state index contributed by atoms with van der Waals surface area (Å²) in [5.41, 5.74) is 5.95. The van der Waals surface area contributed by atoms with Crippen molar-refractivity contribution >= 4 is 23.5 Å². The van der Waals surface area contributed by atoms with E-state index in [1.54, 1.807) is 0 Å². The van der Waals surface area contributed by atoms with Gasteiger partial charge in [-0.05, 0) is 35.8 Å². The summed E-state index contributed by atoms with van der Waals surface area (Å²) in [6.45, 7) is 6.15. The van der Waals surface area contributed by atoms with Gasteiger partial charge in [0.05, 0.1) is 11.4 Å². The van der Waals surface area contributed by atoms with E-state index >= 15 is 0 Å². The highest BCUT2D eigenvalue weighted by Crippen LogP contribution is 2.39. The first-order chi connectivity index (χ1) is 10.3. The van der Waals surface area contributed by atoms with Crippen LogP contribution in [0.5, 0.6) is 0 Å². The van der Waals surface area contributed by atoms with Crippen LogP contribution >= 0.6 is 0 Å². The van der Waals surface area contributed by atoms with E-state index in [0.29, 0.717) is 0 Å². The van der Waals surface area contributed by atoms with E-state index in [1.807, 2.05) is 6.08 Å². The van der Waals surface area contributed by atoms with E-state index in [1.165, 1.54) is 22.5 Å². The number of rotatable bonds is 3. The Kier molecular flexibility index (Phi) is 3.74. The van der Waals surface area contributed by atoms with Gasteiger partial charge in [0.25, 0.3) is 0 Å². The fraction of sp³-hybridized carbons (Fsp3) is 0.100. The molecule has 3 rings (SSSR count). The van der Waals surface area contributed by atoms with Crippen LogP contribution in [0.4, 0.5) is 11.4 Å². The fourth-order valence-electron chi connectivity index (χ4n) is 2.73. The zero-order valence-corrected chi connectivity index (χ0v) is 12.3. The van der Waals surface area contributed by atoms with E-state index in [0.717, 1.165) is 12.1 Å². The number of para-hydroxylation sites is 2. The Morgan fingerprint density at radius 2 is 1.48 bits per heavy atom. The normalized spacial score (nSPS) is 13.4. The molecule has 2 aromatic carbocycles. The third-order valence-electron chi connectivity index (χ3n) is 3.68. The maximum Gasteiger partial charge on any atom is 0.0534 e. The minimum Gasteiger partial charge on any atom is -0.310 e. The Bertz CT molecular complexity index is 673. The molecule has 1 heterocycles. The van der Waals surface area contributed by atoms with Gasteiger partial charge in [0.15, 0.2) is 0 Å². The summed E-state index contributed by atoms with van der Waals surface area (Å²) >= 11 is 0. The molecule has 0 fully saturated rings. The van der Waals surface area contributed by atoms with Crippen molar-refractivity contribution in [3.63, 3.8) is 0 Å². The van der Waals surface area contributed by atoms with Crippen LogP contribution in [-0.4, -0.2) is 0 Å². The molecule has 0 radical (unpaired) electrons. The minimum absolute atomic E-state index is 0.982. The number of hydrogen-bond donors (Lipinski definition) is 0. The molecule has 0 aliphatic carbocycles. The second-order valence-corrected chi connectivity index (χ2v) is 5.03. The predicted molar refractivity (Wildman–Crippen MR) is 92.5 cm³/mol. The highest BCUT2D eigenvalue weighted by atomic mass is 15.2. The molecule has 0 saturated heterocycles. The Hall–Kier alpha value is -2.54. The lowest BCUT2D eigenvalue weighted by Gasteiger charge is -2.28. The Morgan fingerprint density at radius 1 is 0.952 bits per heavy atom. The van der Waals surface area contributed by atoms with Crippen molar-refractivity contribution in [2.45, 2.75) is 13.3 Å². The average molecular weight is 273 g/mol. The molecule has 0 N–H and O–H groups in total. The molecular weight excluding hydrogens is 254 g/mol. The van der Waals surface area contributed by atoms with Gasteiger partial charge in [0.1, 0.15) is 0 Å². The zero-order chi connectivity index (χ0) is 14.7. The van der Waals surface area contributed by atoms with Crippen LogP contribution in [0.15, 0.2) is 73.0 Å². The van der Waals surface area contributed by atoms with Crippen molar-refractivity contribution < 1.29 is 0 Å². The molecule has 1 nitrogen and oxygen atoms in total. The van der Waals surface area contributed by atoms with Crippen molar-refractivity contribution in [2.24, 2.45) is 0 Å². The van der Waals surface area contributed by atoms with Crippen LogP contribution in [0.1, 0.15) is 24.5 Å². The lowest BCUT2D eigenvalue weighted by molar-refractivity contribution is 1.13. The predicted octanol–water partition coefficient (Wildman–Crippen LogP) is 5.79. The zero-order valence-electron chi connectivity index (χ0n) is 12.3. The van der Waals surface area contributed by atoms with Gasteiger partial charge in [-0.2, -0.15) is 0 Å². The van der Waals surface area contributed by atoms with Gasteiger partial charge in [-0.3, -0.25) is 0 Å².